The maximum Gasteiger partial charge on any atom is 0.292 e. The molecule has 2 N–H and O–H groups in total. The van der Waals surface area contributed by atoms with Crippen LogP contribution in [0, 0.1) is 10.1 Å². The van der Waals surface area contributed by atoms with Crippen LogP contribution in [0.2, 0.25) is 0 Å². The summed E-state index contributed by atoms with van der Waals surface area (Å²) in [5, 5.41) is 16.4. The zero-order valence-electron chi connectivity index (χ0n) is 10.8. The fourth-order valence-corrected chi connectivity index (χ4v) is 1.72. The van der Waals surface area contributed by atoms with Gasteiger partial charge >= 0.3 is 0 Å². The molecule has 0 bridgehead atoms. The molecule has 1 amide bonds. The number of anilines is 2. The van der Waals surface area contributed by atoms with E-state index in [9.17, 15) is 14.9 Å². The Balaban J connectivity index is 2.21. The molecule has 0 saturated heterocycles. The molecule has 0 atom stereocenters. The zero-order valence-corrected chi connectivity index (χ0v) is 10.8. The van der Waals surface area contributed by atoms with E-state index in [0.717, 1.165) is 5.69 Å². The molecular formula is C14H13N3O3. The van der Waals surface area contributed by atoms with Crippen molar-refractivity contribution in [2.24, 2.45) is 0 Å². The smallest absolute Gasteiger partial charge is 0.292 e. The number of hydrogen-bond donors (Lipinski definition) is 2. The third kappa shape index (κ3) is 2.92. The largest absolute Gasteiger partial charge is 0.388 e. The van der Waals surface area contributed by atoms with Crippen molar-refractivity contribution < 1.29 is 9.72 Å². The highest BCUT2D eigenvalue weighted by Gasteiger charge is 2.15. The van der Waals surface area contributed by atoms with Crippen LogP contribution in [0.15, 0.2) is 48.5 Å². The van der Waals surface area contributed by atoms with E-state index >= 15 is 0 Å². The lowest BCUT2D eigenvalue weighted by atomic mass is 10.2. The van der Waals surface area contributed by atoms with Gasteiger partial charge in [-0.1, -0.05) is 12.1 Å². The Morgan fingerprint density at radius 1 is 1.10 bits per heavy atom. The van der Waals surface area contributed by atoms with Gasteiger partial charge in [-0.25, -0.2) is 0 Å². The van der Waals surface area contributed by atoms with Gasteiger partial charge in [0, 0.05) is 24.4 Å². The average molecular weight is 271 g/mol. The molecule has 6 nitrogen and oxygen atoms in total. The lowest BCUT2D eigenvalue weighted by molar-refractivity contribution is -0.383. The summed E-state index contributed by atoms with van der Waals surface area (Å²) in [5.74, 6) is -0.387. The van der Waals surface area contributed by atoms with Gasteiger partial charge in [-0.15, -0.1) is 0 Å². The van der Waals surface area contributed by atoms with E-state index in [1.165, 1.54) is 12.1 Å². The summed E-state index contributed by atoms with van der Waals surface area (Å²) in [6, 6.07) is 12.8. The van der Waals surface area contributed by atoms with Crippen LogP contribution in [0.25, 0.3) is 0 Å². The van der Waals surface area contributed by atoms with Crippen LogP contribution in [0.5, 0.6) is 0 Å². The minimum atomic E-state index is -0.528. The predicted octanol–water partition coefficient (Wildman–Crippen LogP) is 2.89. The van der Waals surface area contributed by atoms with Gasteiger partial charge in [0.25, 0.3) is 11.6 Å². The first kappa shape index (κ1) is 13.5. The minimum Gasteiger partial charge on any atom is -0.388 e. The van der Waals surface area contributed by atoms with E-state index in [2.05, 4.69) is 10.6 Å². The van der Waals surface area contributed by atoms with Crippen molar-refractivity contribution in [2.75, 3.05) is 17.7 Å². The second-order valence-electron chi connectivity index (χ2n) is 4.06. The van der Waals surface area contributed by atoms with Gasteiger partial charge in [0.2, 0.25) is 0 Å². The van der Waals surface area contributed by atoms with E-state index in [1.807, 2.05) is 0 Å². The summed E-state index contributed by atoms with van der Waals surface area (Å²) in [5.41, 5.74) is 1.36. The Kier molecular flexibility index (Phi) is 3.95. The first-order valence-electron chi connectivity index (χ1n) is 5.94. The maximum atomic E-state index is 12.0. The van der Waals surface area contributed by atoms with Crippen molar-refractivity contribution in [3.63, 3.8) is 0 Å². The van der Waals surface area contributed by atoms with E-state index in [1.54, 1.807) is 43.4 Å². The fourth-order valence-electron chi connectivity index (χ4n) is 1.72. The first-order chi connectivity index (χ1) is 9.61. The number of nitrogens with zero attached hydrogens (tertiary/aromatic N) is 1. The van der Waals surface area contributed by atoms with Crippen molar-refractivity contribution in [3.05, 3.63) is 64.2 Å². The Morgan fingerprint density at radius 2 is 1.75 bits per heavy atom. The second-order valence-corrected chi connectivity index (χ2v) is 4.06. The first-order valence-corrected chi connectivity index (χ1v) is 5.94. The van der Waals surface area contributed by atoms with Crippen molar-refractivity contribution in [1.29, 1.82) is 0 Å². The summed E-state index contributed by atoms with van der Waals surface area (Å²) in [4.78, 5) is 22.4. The number of para-hydroxylation sites is 2. The van der Waals surface area contributed by atoms with Crippen LogP contribution >= 0.6 is 0 Å². The molecule has 2 aromatic rings. The monoisotopic (exact) mass is 271 g/mol. The minimum absolute atomic E-state index is 0.132. The summed E-state index contributed by atoms with van der Waals surface area (Å²) >= 11 is 0. The highest BCUT2D eigenvalue weighted by atomic mass is 16.6. The number of rotatable bonds is 4. The normalized spacial score (nSPS) is 9.85. The van der Waals surface area contributed by atoms with Gasteiger partial charge in [-0.2, -0.15) is 0 Å². The molecule has 0 unspecified atom stereocenters. The topological polar surface area (TPSA) is 84.3 Å². The van der Waals surface area contributed by atoms with Gasteiger partial charge in [0.1, 0.15) is 5.69 Å². The van der Waals surface area contributed by atoms with Crippen molar-refractivity contribution >= 4 is 23.0 Å². The molecule has 0 heterocycles. The molecule has 0 aliphatic rings. The molecule has 0 aliphatic carbocycles. The number of nitro benzene ring substituents is 1. The van der Waals surface area contributed by atoms with Crippen LogP contribution in [0.3, 0.4) is 0 Å². The van der Waals surface area contributed by atoms with Crippen molar-refractivity contribution in [1.82, 2.24) is 0 Å². The standard InChI is InChI=1S/C14H13N3O3/c1-15-11-8-6-10(7-9-11)14(18)16-12-4-2-3-5-13(12)17(19)20/h2-9,15H,1H3,(H,16,18). The summed E-state index contributed by atoms with van der Waals surface area (Å²) < 4.78 is 0. The summed E-state index contributed by atoms with van der Waals surface area (Å²) in [6.07, 6.45) is 0. The Labute approximate surface area is 115 Å². The number of amides is 1. The Hall–Kier alpha value is -2.89. The molecule has 2 rings (SSSR count). The van der Waals surface area contributed by atoms with E-state index in [0.29, 0.717) is 5.56 Å². The quantitative estimate of drug-likeness (QED) is 0.661. The van der Waals surface area contributed by atoms with E-state index < -0.39 is 4.92 Å². The lowest BCUT2D eigenvalue weighted by Gasteiger charge is -2.06. The molecule has 102 valence electrons. The van der Waals surface area contributed by atoms with E-state index in [-0.39, 0.29) is 17.3 Å². The highest BCUT2D eigenvalue weighted by molar-refractivity contribution is 6.05. The molecule has 0 saturated carbocycles. The number of benzene rings is 2. The maximum absolute atomic E-state index is 12.0. The third-order valence-electron chi connectivity index (χ3n) is 2.78. The van der Waals surface area contributed by atoms with Crippen LogP contribution in [0.4, 0.5) is 17.1 Å². The number of nitrogens with one attached hydrogen (secondary N) is 2. The zero-order chi connectivity index (χ0) is 14.5. The summed E-state index contributed by atoms with van der Waals surface area (Å²) in [6.45, 7) is 0. The Morgan fingerprint density at radius 3 is 2.35 bits per heavy atom. The molecular weight excluding hydrogens is 258 g/mol. The SMILES string of the molecule is CNc1ccc(C(=O)Nc2ccccc2[N+](=O)[O-])cc1. The number of carbonyl (C=O) groups excluding carboxylic acids is 1. The van der Waals surface area contributed by atoms with E-state index in [4.69, 9.17) is 0 Å². The predicted molar refractivity (Wildman–Crippen MR) is 77.0 cm³/mol. The molecule has 0 fully saturated rings. The van der Waals surface area contributed by atoms with Crippen LogP contribution in [-0.4, -0.2) is 17.9 Å². The molecule has 0 aliphatic heterocycles. The number of hydrogen-bond acceptors (Lipinski definition) is 4. The molecule has 6 heteroatoms. The van der Waals surface area contributed by atoms with Crippen molar-refractivity contribution in [2.45, 2.75) is 0 Å². The van der Waals surface area contributed by atoms with Crippen LogP contribution < -0.4 is 10.6 Å². The number of carbonyl (C=O) groups is 1. The average Bonchev–Trinajstić information content (AvgIpc) is 2.47. The number of nitro groups is 1. The molecule has 2 aromatic carbocycles. The second kappa shape index (κ2) is 5.83. The molecule has 20 heavy (non-hydrogen) atoms. The van der Waals surface area contributed by atoms with Crippen molar-refractivity contribution in [3.8, 4) is 0 Å². The van der Waals surface area contributed by atoms with Gasteiger partial charge in [0.05, 0.1) is 4.92 Å². The van der Waals surface area contributed by atoms with Gasteiger partial charge in [-0.05, 0) is 30.3 Å². The third-order valence-corrected chi connectivity index (χ3v) is 2.78. The lowest BCUT2D eigenvalue weighted by Crippen LogP contribution is -2.13. The molecule has 0 spiro atoms. The van der Waals surface area contributed by atoms with Crippen LogP contribution in [0.1, 0.15) is 10.4 Å². The highest BCUT2D eigenvalue weighted by Crippen LogP contribution is 2.23. The Bertz CT molecular complexity index is 638. The van der Waals surface area contributed by atoms with Crippen LogP contribution in [-0.2, 0) is 0 Å². The van der Waals surface area contributed by atoms with Gasteiger partial charge < -0.3 is 10.6 Å². The van der Waals surface area contributed by atoms with Gasteiger partial charge in [0.15, 0.2) is 0 Å². The molecule has 0 aromatic heterocycles. The molecule has 0 radical (unpaired) electrons. The summed E-state index contributed by atoms with van der Waals surface area (Å²) in [7, 11) is 1.78. The fraction of sp³-hybridized carbons (Fsp3) is 0.0714. The van der Waals surface area contributed by atoms with Gasteiger partial charge in [-0.3, -0.25) is 14.9 Å².